The zero-order chi connectivity index (χ0) is 17.2. The summed E-state index contributed by atoms with van der Waals surface area (Å²) in [4.78, 5) is 4.25. The van der Waals surface area contributed by atoms with Crippen molar-refractivity contribution < 1.29 is 13.2 Å². The Bertz CT molecular complexity index is 967. The highest BCUT2D eigenvalue weighted by Gasteiger charge is 2.21. The summed E-state index contributed by atoms with van der Waals surface area (Å²) in [5.74, 6) is 0.371. The van der Waals surface area contributed by atoms with Crippen molar-refractivity contribution in [2.75, 3.05) is 6.61 Å². The van der Waals surface area contributed by atoms with Gasteiger partial charge >= 0.3 is 0 Å². The maximum Gasteiger partial charge on any atom is 0.269 e. The zero-order valence-corrected chi connectivity index (χ0v) is 14.7. The van der Waals surface area contributed by atoms with Crippen LogP contribution in [0.3, 0.4) is 0 Å². The summed E-state index contributed by atoms with van der Waals surface area (Å²) in [5.41, 5.74) is 1.15. The Morgan fingerprint density at radius 3 is 2.79 bits per heavy atom. The van der Waals surface area contributed by atoms with E-state index in [1.165, 1.54) is 28.5 Å². The standard InChI is InChI=1S/C17H17ClN2O3S/c1-2-3-10-23-17-11-13(8-9-14(17)18)24(21,22)20-12-19-15-6-4-5-7-16(15)20/h4-9,11-12H,2-3,10H2,1H3. The van der Waals surface area contributed by atoms with E-state index in [1.54, 1.807) is 18.2 Å². The third-order valence-corrected chi connectivity index (χ3v) is 5.61. The summed E-state index contributed by atoms with van der Waals surface area (Å²) in [5, 5.41) is 0.389. The second kappa shape index (κ2) is 6.83. The highest BCUT2D eigenvalue weighted by molar-refractivity contribution is 7.90. The third kappa shape index (κ3) is 3.12. The number of rotatable bonds is 6. The van der Waals surface area contributed by atoms with E-state index in [-0.39, 0.29) is 4.90 Å². The summed E-state index contributed by atoms with van der Waals surface area (Å²) in [7, 11) is -3.78. The largest absolute Gasteiger partial charge is 0.492 e. The Labute approximate surface area is 145 Å². The molecule has 0 bridgehead atoms. The van der Waals surface area contributed by atoms with Crippen LogP contribution >= 0.6 is 11.6 Å². The molecule has 0 spiro atoms. The number of hydrogen-bond acceptors (Lipinski definition) is 4. The lowest BCUT2D eigenvalue weighted by Crippen LogP contribution is -2.12. The fraction of sp³-hybridized carbons (Fsp3) is 0.235. The van der Waals surface area contributed by atoms with Gasteiger partial charge in [-0.1, -0.05) is 37.1 Å². The van der Waals surface area contributed by atoms with Crippen molar-refractivity contribution in [2.24, 2.45) is 0 Å². The van der Waals surface area contributed by atoms with Crippen LogP contribution < -0.4 is 4.74 Å². The molecule has 126 valence electrons. The molecule has 1 heterocycles. The minimum Gasteiger partial charge on any atom is -0.492 e. The Hall–Kier alpha value is -2.05. The Balaban J connectivity index is 2.02. The fourth-order valence-electron chi connectivity index (χ4n) is 2.32. The molecule has 3 aromatic rings. The molecule has 5 nitrogen and oxygen atoms in total. The molecule has 0 fully saturated rings. The molecule has 0 aliphatic heterocycles. The maximum atomic E-state index is 12.9. The minimum atomic E-state index is -3.78. The molecule has 1 aromatic heterocycles. The summed E-state index contributed by atoms with van der Waals surface area (Å²) in [6.07, 6.45) is 3.17. The number of aromatic nitrogens is 2. The van der Waals surface area contributed by atoms with Crippen molar-refractivity contribution in [3.63, 3.8) is 0 Å². The van der Waals surface area contributed by atoms with Gasteiger partial charge in [0.2, 0.25) is 0 Å². The van der Waals surface area contributed by atoms with E-state index in [1.807, 2.05) is 6.07 Å². The van der Waals surface area contributed by atoms with Crippen LogP contribution in [0.25, 0.3) is 11.0 Å². The van der Waals surface area contributed by atoms with Gasteiger partial charge in [-0.15, -0.1) is 0 Å². The predicted octanol–water partition coefficient (Wildman–Crippen LogP) is 4.11. The van der Waals surface area contributed by atoms with Gasteiger partial charge in [0, 0.05) is 6.07 Å². The van der Waals surface area contributed by atoms with Crippen LogP contribution in [-0.2, 0) is 10.0 Å². The van der Waals surface area contributed by atoms with Crippen LogP contribution in [0.2, 0.25) is 5.02 Å². The fourth-order valence-corrected chi connectivity index (χ4v) is 3.80. The molecule has 0 N–H and O–H groups in total. The molecule has 24 heavy (non-hydrogen) atoms. The van der Waals surface area contributed by atoms with Gasteiger partial charge in [-0.25, -0.2) is 17.4 Å². The quantitative estimate of drug-likeness (QED) is 0.617. The van der Waals surface area contributed by atoms with Crippen molar-refractivity contribution in [2.45, 2.75) is 24.7 Å². The van der Waals surface area contributed by atoms with Crippen LogP contribution in [0.15, 0.2) is 53.7 Å². The topological polar surface area (TPSA) is 61.2 Å². The Kier molecular flexibility index (Phi) is 4.78. The van der Waals surface area contributed by atoms with E-state index in [0.29, 0.717) is 28.4 Å². The lowest BCUT2D eigenvalue weighted by molar-refractivity contribution is 0.309. The van der Waals surface area contributed by atoms with Crippen LogP contribution in [0.1, 0.15) is 19.8 Å². The summed E-state index contributed by atoms with van der Waals surface area (Å²) < 4.78 is 32.6. The van der Waals surface area contributed by atoms with Crippen molar-refractivity contribution >= 4 is 32.7 Å². The first-order chi connectivity index (χ1) is 11.5. The molecule has 0 atom stereocenters. The number of imidazole rings is 1. The number of ether oxygens (including phenoxy) is 1. The number of halogens is 1. The first-order valence-electron chi connectivity index (χ1n) is 7.64. The smallest absolute Gasteiger partial charge is 0.269 e. The first-order valence-corrected chi connectivity index (χ1v) is 9.46. The minimum absolute atomic E-state index is 0.113. The van der Waals surface area contributed by atoms with Gasteiger partial charge in [-0.3, -0.25) is 0 Å². The number of fused-ring (bicyclic) bond motifs is 1. The monoisotopic (exact) mass is 364 g/mol. The molecule has 0 saturated carbocycles. The third-order valence-electron chi connectivity index (χ3n) is 3.64. The molecule has 0 amide bonds. The SMILES string of the molecule is CCCCOc1cc(S(=O)(=O)n2cnc3ccccc32)ccc1Cl. The normalized spacial score (nSPS) is 11.8. The average Bonchev–Trinajstić information content (AvgIpc) is 3.01. The van der Waals surface area contributed by atoms with Crippen LogP contribution in [0.4, 0.5) is 0 Å². The molecule has 0 unspecified atom stereocenters. The van der Waals surface area contributed by atoms with Gasteiger partial charge in [0.1, 0.15) is 12.1 Å². The van der Waals surface area contributed by atoms with Gasteiger partial charge < -0.3 is 4.74 Å². The van der Waals surface area contributed by atoms with Gasteiger partial charge in [0.05, 0.1) is 27.6 Å². The molecule has 7 heteroatoms. The molecule has 0 aliphatic carbocycles. The van der Waals surface area contributed by atoms with Crippen molar-refractivity contribution in [3.05, 3.63) is 53.8 Å². The lowest BCUT2D eigenvalue weighted by Gasteiger charge is -2.11. The van der Waals surface area contributed by atoms with E-state index in [0.717, 1.165) is 12.8 Å². The van der Waals surface area contributed by atoms with E-state index in [2.05, 4.69) is 11.9 Å². The molecular weight excluding hydrogens is 348 g/mol. The molecule has 0 radical (unpaired) electrons. The summed E-state index contributed by atoms with van der Waals surface area (Å²) in [6.45, 7) is 2.55. The number of nitrogens with zero attached hydrogens (tertiary/aromatic N) is 2. The molecular formula is C17H17ClN2O3S. The maximum absolute atomic E-state index is 12.9. The Morgan fingerprint density at radius 1 is 1.21 bits per heavy atom. The summed E-state index contributed by atoms with van der Waals surface area (Å²) in [6, 6.07) is 11.5. The Morgan fingerprint density at radius 2 is 2.00 bits per heavy atom. The second-order valence-corrected chi connectivity index (χ2v) is 7.55. The highest BCUT2D eigenvalue weighted by Crippen LogP contribution is 2.29. The predicted molar refractivity (Wildman–Crippen MR) is 94.2 cm³/mol. The first kappa shape index (κ1) is 16.8. The highest BCUT2D eigenvalue weighted by atomic mass is 35.5. The van der Waals surface area contributed by atoms with E-state index < -0.39 is 10.0 Å². The van der Waals surface area contributed by atoms with Crippen molar-refractivity contribution in [1.82, 2.24) is 8.96 Å². The number of unbranched alkanes of at least 4 members (excludes halogenated alkanes) is 1. The molecule has 3 rings (SSSR count). The van der Waals surface area contributed by atoms with Gasteiger partial charge in [0.25, 0.3) is 10.0 Å². The lowest BCUT2D eigenvalue weighted by atomic mass is 10.3. The average molecular weight is 365 g/mol. The van der Waals surface area contributed by atoms with Gasteiger partial charge in [-0.2, -0.15) is 0 Å². The van der Waals surface area contributed by atoms with Crippen molar-refractivity contribution in [3.8, 4) is 5.75 Å². The van der Waals surface area contributed by atoms with Crippen LogP contribution in [0, 0.1) is 0 Å². The number of benzene rings is 2. The summed E-state index contributed by atoms with van der Waals surface area (Å²) >= 11 is 6.11. The van der Waals surface area contributed by atoms with Crippen LogP contribution in [-0.4, -0.2) is 24.0 Å². The molecule has 2 aromatic carbocycles. The van der Waals surface area contributed by atoms with Gasteiger partial charge in [0.15, 0.2) is 0 Å². The zero-order valence-electron chi connectivity index (χ0n) is 13.1. The van der Waals surface area contributed by atoms with Gasteiger partial charge in [-0.05, 0) is 30.7 Å². The second-order valence-electron chi connectivity index (χ2n) is 5.33. The molecule has 0 aliphatic rings. The number of hydrogen-bond donors (Lipinski definition) is 0. The van der Waals surface area contributed by atoms with E-state index >= 15 is 0 Å². The number of para-hydroxylation sites is 2. The van der Waals surface area contributed by atoms with Crippen molar-refractivity contribution in [1.29, 1.82) is 0 Å². The van der Waals surface area contributed by atoms with E-state index in [9.17, 15) is 8.42 Å². The van der Waals surface area contributed by atoms with E-state index in [4.69, 9.17) is 16.3 Å². The molecule has 0 saturated heterocycles. The van der Waals surface area contributed by atoms with Crippen LogP contribution in [0.5, 0.6) is 5.75 Å².